The molecular formula is C14H13F3N2O2S. The second-order valence-corrected chi connectivity index (χ2v) is 5.29. The highest BCUT2D eigenvalue weighted by Crippen LogP contribution is 2.37. The number of nitrogens with zero attached hydrogens (tertiary/aromatic N) is 2. The lowest BCUT2D eigenvalue weighted by atomic mass is 10.4. The zero-order valence-electron chi connectivity index (χ0n) is 11.6. The number of hydrogen-bond donors (Lipinski definition) is 0. The van der Waals surface area contributed by atoms with Crippen molar-refractivity contribution in [1.29, 1.82) is 0 Å². The molecule has 0 aromatic carbocycles. The first kappa shape index (κ1) is 16.3. The summed E-state index contributed by atoms with van der Waals surface area (Å²) < 4.78 is 42.9. The minimum absolute atomic E-state index is 0.0649. The molecule has 2 aromatic heterocycles. The van der Waals surface area contributed by atoms with Gasteiger partial charge in [-0.25, -0.2) is 0 Å². The summed E-state index contributed by atoms with van der Waals surface area (Å²) in [6, 6.07) is 5.69. The first-order valence-electron chi connectivity index (χ1n) is 6.46. The van der Waals surface area contributed by atoms with Crippen LogP contribution < -0.4 is 9.64 Å². The van der Waals surface area contributed by atoms with Crippen molar-refractivity contribution in [3.8, 4) is 11.6 Å². The molecule has 0 bridgehead atoms. The maximum atomic E-state index is 12.5. The molecule has 0 fully saturated rings. The monoisotopic (exact) mass is 330 g/mol. The molecular weight excluding hydrogens is 317 g/mol. The topological polar surface area (TPSA) is 42.4 Å². The van der Waals surface area contributed by atoms with Crippen molar-refractivity contribution in [1.82, 2.24) is 4.98 Å². The molecule has 0 spiro atoms. The zero-order valence-corrected chi connectivity index (χ0v) is 12.4. The summed E-state index contributed by atoms with van der Waals surface area (Å²) in [6.07, 6.45) is -2.98. The number of halogens is 3. The minimum atomic E-state index is -4.39. The first-order chi connectivity index (χ1) is 10.4. The second-order valence-electron chi connectivity index (χ2n) is 4.38. The predicted molar refractivity (Wildman–Crippen MR) is 77.3 cm³/mol. The normalized spacial score (nSPS) is 11.3. The molecule has 0 unspecified atom stereocenters. The lowest BCUT2D eigenvalue weighted by molar-refractivity contribution is -0.134. The standard InChI is InChI=1S/C14H13F3N2O2S/c1-2-6-19(9-20)12-4-3-5-13(18-12)21-10-7-11(22-8-10)14(15,16)17/h3-5,7-9H,2,6H2,1H3. The van der Waals surface area contributed by atoms with Crippen molar-refractivity contribution in [3.63, 3.8) is 0 Å². The molecule has 0 N–H and O–H groups in total. The molecule has 118 valence electrons. The van der Waals surface area contributed by atoms with Gasteiger partial charge in [0.15, 0.2) is 0 Å². The van der Waals surface area contributed by atoms with Gasteiger partial charge in [-0.3, -0.25) is 9.69 Å². The Hall–Kier alpha value is -2.09. The van der Waals surface area contributed by atoms with Gasteiger partial charge in [-0.05, 0) is 12.5 Å². The second kappa shape index (κ2) is 6.78. The van der Waals surface area contributed by atoms with E-state index >= 15 is 0 Å². The molecule has 0 saturated carbocycles. The molecule has 0 aliphatic rings. The van der Waals surface area contributed by atoms with Gasteiger partial charge in [0, 0.05) is 24.1 Å². The Morgan fingerprint density at radius 3 is 2.77 bits per heavy atom. The Labute approximate surface area is 129 Å². The number of thiophene rings is 1. The van der Waals surface area contributed by atoms with Crippen LogP contribution in [0.15, 0.2) is 29.6 Å². The number of pyridine rings is 1. The SMILES string of the molecule is CCCN(C=O)c1cccc(Oc2csc(C(F)(F)F)c2)n1. The number of anilines is 1. The van der Waals surface area contributed by atoms with E-state index in [0.29, 0.717) is 30.1 Å². The van der Waals surface area contributed by atoms with Gasteiger partial charge in [0.1, 0.15) is 16.4 Å². The van der Waals surface area contributed by atoms with Gasteiger partial charge in [0.2, 0.25) is 12.3 Å². The van der Waals surface area contributed by atoms with Gasteiger partial charge < -0.3 is 4.74 Å². The number of hydrogen-bond acceptors (Lipinski definition) is 4. The summed E-state index contributed by atoms with van der Waals surface area (Å²) in [5.74, 6) is 0.586. The fourth-order valence-corrected chi connectivity index (χ4v) is 2.40. The maximum Gasteiger partial charge on any atom is 0.425 e. The fraction of sp³-hybridized carbons (Fsp3) is 0.286. The Bertz CT molecular complexity index is 643. The quantitative estimate of drug-likeness (QED) is 0.741. The van der Waals surface area contributed by atoms with Crippen molar-refractivity contribution >= 4 is 23.6 Å². The van der Waals surface area contributed by atoms with E-state index in [1.165, 1.54) is 16.3 Å². The van der Waals surface area contributed by atoms with E-state index in [0.717, 1.165) is 12.5 Å². The third-order valence-electron chi connectivity index (χ3n) is 2.67. The van der Waals surface area contributed by atoms with Crippen molar-refractivity contribution in [2.75, 3.05) is 11.4 Å². The number of amides is 1. The molecule has 2 rings (SSSR count). The van der Waals surface area contributed by atoms with E-state index in [4.69, 9.17) is 4.74 Å². The van der Waals surface area contributed by atoms with E-state index in [2.05, 4.69) is 4.98 Å². The Morgan fingerprint density at radius 1 is 1.41 bits per heavy atom. The number of carbonyl (C=O) groups is 1. The molecule has 2 aromatic rings. The highest BCUT2D eigenvalue weighted by atomic mass is 32.1. The van der Waals surface area contributed by atoms with Crippen LogP contribution in [-0.4, -0.2) is 17.9 Å². The molecule has 0 atom stereocenters. The molecule has 2 heterocycles. The lowest BCUT2D eigenvalue weighted by Gasteiger charge is -2.15. The average molecular weight is 330 g/mol. The van der Waals surface area contributed by atoms with E-state index < -0.39 is 11.1 Å². The summed E-state index contributed by atoms with van der Waals surface area (Å²) in [7, 11) is 0. The summed E-state index contributed by atoms with van der Waals surface area (Å²) in [6.45, 7) is 2.41. The van der Waals surface area contributed by atoms with Gasteiger partial charge in [-0.2, -0.15) is 18.2 Å². The third kappa shape index (κ3) is 3.97. The van der Waals surface area contributed by atoms with Crippen LogP contribution in [0.2, 0.25) is 0 Å². The summed E-state index contributed by atoms with van der Waals surface area (Å²) in [4.78, 5) is 15.8. The summed E-state index contributed by atoms with van der Waals surface area (Å²) in [5, 5.41) is 1.26. The molecule has 8 heteroatoms. The van der Waals surface area contributed by atoms with E-state index in [1.54, 1.807) is 12.1 Å². The average Bonchev–Trinajstić information content (AvgIpc) is 2.93. The molecule has 0 aliphatic carbocycles. The molecule has 0 radical (unpaired) electrons. The predicted octanol–water partition coefficient (Wildman–Crippen LogP) is 4.33. The molecule has 1 amide bonds. The van der Waals surface area contributed by atoms with Gasteiger partial charge in [0.05, 0.1) is 0 Å². The smallest absolute Gasteiger partial charge is 0.425 e. The van der Waals surface area contributed by atoms with E-state index in [9.17, 15) is 18.0 Å². The van der Waals surface area contributed by atoms with Crippen LogP contribution in [0.1, 0.15) is 18.2 Å². The molecule has 0 aliphatic heterocycles. The van der Waals surface area contributed by atoms with E-state index in [1.807, 2.05) is 6.92 Å². The number of ether oxygens (including phenoxy) is 1. The van der Waals surface area contributed by atoms with Crippen LogP contribution in [0.5, 0.6) is 11.6 Å². The molecule has 22 heavy (non-hydrogen) atoms. The van der Waals surface area contributed by atoms with Crippen molar-refractivity contribution in [2.24, 2.45) is 0 Å². The van der Waals surface area contributed by atoms with Crippen LogP contribution in [0.3, 0.4) is 0 Å². The van der Waals surface area contributed by atoms with Crippen molar-refractivity contribution < 1.29 is 22.7 Å². The maximum absolute atomic E-state index is 12.5. The Kier molecular flexibility index (Phi) is 5.02. The van der Waals surface area contributed by atoms with Crippen LogP contribution in [0, 0.1) is 0 Å². The summed E-state index contributed by atoms with van der Waals surface area (Å²) in [5.41, 5.74) is 0. The van der Waals surface area contributed by atoms with E-state index in [-0.39, 0.29) is 11.6 Å². The number of rotatable bonds is 6. The highest BCUT2D eigenvalue weighted by Gasteiger charge is 2.32. The fourth-order valence-electron chi connectivity index (χ4n) is 1.72. The van der Waals surface area contributed by atoms with Gasteiger partial charge in [0.25, 0.3) is 0 Å². The zero-order chi connectivity index (χ0) is 16.2. The van der Waals surface area contributed by atoms with Crippen molar-refractivity contribution in [3.05, 3.63) is 34.5 Å². The van der Waals surface area contributed by atoms with Gasteiger partial charge in [-0.15, -0.1) is 11.3 Å². The van der Waals surface area contributed by atoms with Crippen LogP contribution >= 0.6 is 11.3 Å². The van der Waals surface area contributed by atoms with Crippen LogP contribution in [0.4, 0.5) is 19.0 Å². The van der Waals surface area contributed by atoms with Gasteiger partial charge >= 0.3 is 6.18 Å². The van der Waals surface area contributed by atoms with Crippen LogP contribution in [-0.2, 0) is 11.0 Å². The number of carbonyl (C=O) groups excluding carboxylic acids is 1. The van der Waals surface area contributed by atoms with Gasteiger partial charge in [-0.1, -0.05) is 13.0 Å². The first-order valence-corrected chi connectivity index (χ1v) is 7.34. The third-order valence-corrected chi connectivity index (χ3v) is 3.63. The summed E-state index contributed by atoms with van der Waals surface area (Å²) >= 11 is 0.554. The van der Waals surface area contributed by atoms with Crippen molar-refractivity contribution in [2.45, 2.75) is 19.5 Å². The number of aromatic nitrogens is 1. The highest BCUT2D eigenvalue weighted by molar-refractivity contribution is 7.10. The Balaban J connectivity index is 2.16. The minimum Gasteiger partial charge on any atom is -0.438 e. The molecule has 4 nitrogen and oxygen atoms in total. The molecule has 0 saturated heterocycles. The largest absolute Gasteiger partial charge is 0.438 e. The number of alkyl halides is 3. The van der Waals surface area contributed by atoms with Crippen LogP contribution in [0.25, 0.3) is 0 Å². The lowest BCUT2D eigenvalue weighted by Crippen LogP contribution is -2.22. The Morgan fingerprint density at radius 2 is 2.18 bits per heavy atom.